The highest BCUT2D eigenvalue weighted by atomic mass is 16.6. The molecular formula is C19H23N3O7. The number of nitrogens with zero attached hydrogens (tertiary/aromatic N) is 2. The van der Waals surface area contributed by atoms with Crippen LogP contribution in [0.4, 0.5) is 5.82 Å². The summed E-state index contributed by atoms with van der Waals surface area (Å²) in [5.41, 5.74) is 3.17. The number of rotatable bonds is 7. The number of nitrogen functional groups attached to an aromatic ring is 1. The summed E-state index contributed by atoms with van der Waals surface area (Å²) < 4.78 is 11.4. The second kappa shape index (κ2) is 8.70. The van der Waals surface area contributed by atoms with Crippen molar-refractivity contribution in [2.24, 2.45) is 0 Å². The van der Waals surface area contributed by atoms with E-state index in [2.05, 4.69) is 4.98 Å². The van der Waals surface area contributed by atoms with Gasteiger partial charge < -0.3 is 30.5 Å². The number of carbonyl (C=O) groups excluding carboxylic acids is 1. The van der Waals surface area contributed by atoms with Gasteiger partial charge in [-0.2, -0.15) is 4.98 Å². The zero-order chi connectivity index (χ0) is 21.0. The number of ether oxygens (including phenoxy) is 2. The molecule has 156 valence electrons. The van der Waals surface area contributed by atoms with Gasteiger partial charge in [0.2, 0.25) is 0 Å². The molecule has 0 bridgehead atoms. The molecule has 0 aliphatic carbocycles. The molecule has 0 radical (unpaired) electrons. The summed E-state index contributed by atoms with van der Waals surface area (Å²) in [5.74, 6) is -1.17. The van der Waals surface area contributed by atoms with E-state index in [1.807, 2.05) is 30.3 Å². The Hall–Kier alpha value is -2.79. The number of aliphatic hydroxyl groups excluding tert-OH is 3. The molecule has 1 aliphatic rings. The summed E-state index contributed by atoms with van der Waals surface area (Å²) in [7, 11) is 0. The quantitative estimate of drug-likeness (QED) is 0.327. The Kier molecular flexibility index (Phi) is 6.28. The molecule has 1 aromatic heterocycles. The molecule has 1 aliphatic heterocycles. The van der Waals surface area contributed by atoms with Gasteiger partial charge in [0.15, 0.2) is 0 Å². The fraction of sp³-hybridized carbons (Fsp3) is 0.421. The molecule has 1 saturated heterocycles. The molecule has 0 saturated carbocycles. The van der Waals surface area contributed by atoms with Crippen LogP contribution in [0.3, 0.4) is 0 Å². The van der Waals surface area contributed by atoms with Crippen LogP contribution >= 0.6 is 0 Å². The lowest BCUT2D eigenvalue weighted by Gasteiger charge is -2.31. The molecule has 0 spiro atoms. The Labute approximate surface area is 166 Å². The molecule has 10 nitrogen and oxygen atoms in total. The van der Waals surface area contributed by atoms with Crippen molar-refractivity contribution < 1.29 is 29.6 Å². The van der Waals surface area contributed by atoms with E-state index in [1.165, 1.54) is 6.07 Å². The Morgan fingerprint density at radius 1 is 1.28 bits per heavy atom. The molecule has 29 heavy (non-hydrogen) atoms. The minimum atomic E-state index is -2.39. The van der Waals surface area contributed by atoms with E-state index in [0.717, 1.165) is 11.8 Å². The summed E-state index contributed by atoms with van der Waals surface area (Å²) in [4.78, 5) is 28.8. The molecule has 2 aromatic rings. The number of anilines is 1. The van der Waals surface area contributed by atoms with Crippen LogP contribution in [-0.2, 0) is 26.4 Å². The third-order valence-corrected chi connectivity index (χ3v) is 4.78. The third-order valence-electron chi connectivity index (χ3n) is 4.78. The largest absolute Gasteiger partial charge is 0.462 e. The average Bonchev–Trinajstić information content (AvgIpc) is 2.97. The zero-order valence-electron chi connectivity index (χ0n) is 15.5. The van der Waals surface area contributed by atoms with Gasteiger partial charge in [-0.3, -0.25) is 4.57 Å². The molecule has 1 aromatic carbocycles. The van der Waals surface area contributed by atoms with Gasteiger partial charge in [-0.15, -0.1) is 0 Å². The lowest BCUT2D eigenvalue weighted by Crippen LogP contribution is -2.56. The number of nitrogens with two attached hydrogens (primary N) is 1. The first-order valence-corrected chi connectivity index (χ1v) is 9.11. The standard InChI is InChI=1S/C19H23N3O7/c20-14-8-9-22(18(27)21-14)19(16(25)15(24)13(11-23)29-19)17(26)28-10-4-7-12-5-2-1-3-6-12/h1-3,5-6,8-9,13,15-16,23-25H,4,7,10-11H2,(H2,20,21,27)/t13-,15-,16-,19+/m1/s1. The minimum Gasteiger partial charge on any atom is -0.462 e. The SMILES string of the molecule is Nc1ccn([C@]2(C(=O)OCCCc3ccccc3)O[C@H](CO)[C@@H](O)[C@H]2O)c(=O)n1. The number of aromatic nitrogens is 2. The Bertz CT molecular complexity index is 904. The van der Waals surface area contributed by atoms with Gasteiger partial charge in [-0.1, -0.05) is 30.3 Å². The first kappa shape index (κ1) is 20.9. The van der Waals surface area contributed by atoms with Gasteiger partial charge in [-0.05, 0) is 24.5 Å². The maximum Gasteiger partial charge on any atom is 0.363 e. The number of hydrogen-bond donors (Lipinski definition) is 4. The lowest BCUT2D eigenvalue weighted by atomic mass is 10.0. The second-order valence-electron chi connectivity index (χ2n) is 6.70. The van der Waals surface area contributed by atoms with Crippen LogP contribution in [0.1, 0.15) is 12.0 Å². The summed E-state index contributed by atoms with van der Waals surface area (Å²) >= 11 is 0. The molecule has 0 unspecified atom stereocenters. The number of benzene rings is 1. The Balaban J connectivity index is 1.82. The predicted octanol–water partition coefficient (Wildman–Crippen LogP) is -1.23. The number of aryl methyl sites for hydroxylation is 1. The van der Waals surface area contributed by atoms with Crippen molar-refractivity contribution in [2.45, 2.75) is 36.9 Å². The first-order valence-electron chi connectivity index (χ1n) is 9.11. The van der Waals surface area contributed by atoms with Crippen LogP contribution in [-0.4, -0.2) is 62.4 Å². The van der Waals surface area contributed by atoms with Crippen molar-refractivity contribution in [3.63, 3.8) is 0 Å². The lowest BCUT2D eigenvalue weighted by molar-refractivity contribution is -0.202. The van der Waals surface area contributed by atoms with E-state index in [0.29, 0.717) is 17.4 Å². The highest BCUT2D eigenvalue weighted by molar-refractivity contribution is 5.78. The highest BCUT2D eigenvalue weighted by Crippen LogP contribution is 2.36. The number of esters is 1. The maximum absolute atomic E-state index is 12.9. The van der Waals surface area contributed by atoms with Gasteiger partial charge >= 0.3 is 11.7 Å². The fourth-order valence-electron chi connectivity index (χ4n) is 3.28. The Morgan fingerprint density at radius 3 is 2.62 bits per heavy atom. The topological polar surface area (TPSA) is 157 Å². The van der Waals surface area contributed by atoms with Crippen molar-refractivity contribution in [2.75, 3.05) is 18.9 Å². The normalized spacial score (nSPS) is 26.4. The molecule has 1 fully saturated rings. The molecule has 4 atom stereocenters. The molecule has 10 heteroatoms. The zero-order valence-corrected chi connectivity index (χ0v) is 15.5. The van der Waals surface area contributed by atoms with Crippen molar-refractivity contribution in [1.82, 2.24) is 9.55 Å². The van der Waals surface area contributed by atoms with Crippen LogP contribution < -0.4 is 11.4 Å². The molecule has 5 N–H and O–H groups in total. The van der Waals surface area contributed by atoms with Crippen LogP contribution in [0.15, 0.2) is 47.4 Å². The first-order chi connectivity index (χ1) is 13.9. The summed E-state index contributed by atoms with van der Waals surface area (Å²) in [6, 6.07) is 10.8. The third kappa shape index (κ3) is 4.01. The van der Waals surface area contributed by atoms with Gasteiger partial charge in [0, 0.05) is 6.20 Å². The smallest absolute Gasteiger partial charge is 0.363 e. The molecule has 3 rings (SSSR count). The van der Waals surface area contributed by atoms with Crippen molar-refractivity contribution >= 4 is 11.8 Å². The van der Waals surface area contributed by atoms with Crippen LogP contribution in [0.5, 0.6) is 0 Å². The van der Waals surface area contributed by atoms with Gasteiger partial charge in [0.05, 0.1) is 13.2 Å². The monoisotopic (exact) mass is 405 g/mol. The Morgan fingerprint density at radius 2 is 2.00 bits per heavy atom. The number of aliphatic hydroxyl groups is 3. The molecular weight excluding hydrogens is 382 g/mol. The van der Waals surface area contributed by atoms with Crippen LogP contribution in [0.2, 0.25) is 0 Å². The van der Waals surface area contributed by atoms with E-state index in [-0.39, 0.29) is 12.4 Å². The summed E-state index contributed by atoms with van der Waals surface area (Å²) in [6.45, 7) is -0.693. The van der Waals surface area contributed by atoms with E-state index in [1.54, 1.807) is 0 Å². The summed E-state index contributed by atoms with van der Waals surface area (Å²) in [6.07, 6.45) is -2.54. The van der Waals surface area contributed by atoms with E-state index in [4.69, 9.17) is 15.2 Å². The molecule has 0 amide bonds. The maximum atomic E-state index is 12.9. The minimum absolute atomic E-state index is 0.0113. The second-order valence-corrected chi connectivity index (χ2v) is 6.70. The predicted molar refractivity (Wildman–Crippen MR) is 101 cm³/mol. The summed E-state index contributed by atoms with van der Waals surface area (Å²) in [5, 5.41) is 30.1. The van der Waals surface area contributed by atoms with Gasteiger partial charge in [0.25, 0.3) is 5.72 Å². The average molecular weight is 405 g/mol. The number of hydrogen-bond acceptors (Lipinski definition) is 9. The van der Waals surface area contributed by atoms with E-state index in [9.17, 15) is 24.9 Å². The van der Waals surface area contributed by atoms with Crippen molar-refractivity contribution in [3.05, 3.63) is 58.6 Å². The van der Waals surface area contributed by atoms with Gasteiger partial charge in [-0.25, -0.2) is 9.59 Å². The van der Waals surface area contributed by atoms with E-state index < -0.39 is 42.3 Å². The van der Waals surface area contributed by atoms with Gasteiger partial charge in [0.1, 0.15) is 24.1 Å². The molecule has 2 heterocycles. The number of carbonyl (C=O) groups is 1. The van der Waals surface area contributed by atoms with Crippen LogP contribution in [0.25, 0.3) is 0 Å². The highest BCUT2D eigenvalue weighted by Gasteiger charge is 2.62. The van der Waals surface area contributed by atoms with Crippen molar-refractivity contribution in [1.29, 1.82) is 0 Å². The van der Waals surface area contributed by atoms with Crippen LogP contribution in [0, 0.1) is 0 Å². The fourth-order valence-corrected chi connectivity index (χ4v) is 3.28. The van der Waals surface area contributed by atoms with E-state index >= 15 is 0 Å². The van der Waals surface area contributed by atoms with Crippen molar-refractivity contribution in [3.8, 4) is 0 Å².